The maximum Gasteiger partial charge on any atom is 0.0387 e. The first kappa shape index (κ1) is 11.3. The van der Waals surface area contributed by atoms with E-state index in [9.17, 15) is 0 Å². The van der Waals surface area contributed by atoms with Crippen molar-refractivity contribution in [3.63, 3.8) is 0 Å². The number of nitrogens with zero attached hydrogens (tertiary/aromatic N) is 1. The van der Waals surface area contributed by atoms with Crippen LogP contribution < -0.4 is 5.32 Å². The summed E-state index contributed by atoms with van der Waals surface area (Å²) in [5.41, 5.74) is 0. The van der Waals surface area contributed by atoms with Gasteiger partial charge in [-0.25, -0.2) is 0 Å². The SMILES string of the molecule is CN(C)CCCCCNCS. The first-order valence-corrected chi connectivity index (χ1v) is 4.87. The third kappa shape index (κ3) is 10.3. The standard InChI is InChI=1S/C8H20N2S/c1-10(2)7-5-3-4-6-9-8-11/h9,11H,3-8H2,1-2H3. The summed E-state index contributed by atoms with van der Waals surface area (Å²) in [6, 6.07) is 0. The summed E-state index contributed by atoms with van der Waals surface area (Å²) in [4.78, 5) is 2.23. The average molecular weight is 176 g/mol. The van der Waals surface area contributed by atoms with Crippen LogP contribution in [-0.4, -0.2) is 38.0 Å². The Morgan fingerprint density at radius 3 is 2.45 bits per heavy atom. The van der Waals surface area contributed by atoms with Gasteiger partial charge in [-0.2, -0.15) is 12.6 Å². The van der Waals surface area contributed by atoms with E-state index >= 15 is 0 Å². The maximum absolute atomic E-state index is 4.06. The number of rotatable bonds is 7. The number of thiol groups is 1. The highest BCUT2D eigenvalue weighted by Crippen LogP contribution is 1.94. The molecular weight excluding hydrogens is 156 g/mol. The van der Waals surface area contributed by atoms with E-state index in [1.807, 2.05) is 0 Å². The van der Waals surface area contributed by atoms with Crippen LogP contribution in [0, 0.1) is 0 Å². The molecule has 0 aliphatic rings. The van der Waals surface area contributed by atoms with Crippen LogP contribution in [0.4, 0.5) is 0 Å². The summed E-state index contributed by atoms with van der Waals surface area (Å²) in [6.07, 6.45) is 3.90. The van der Waals surface area contributed by atoms with Gasteiger partial charge >= 0.3 is 0 Å². The summed E-state index contributed by atoms with van der Waals surface area (Å²) >= 11 is 4.06. The van der Waals surface area contributed by atoms with E-state index in [1.54, 1.807) is 0 Å². The fraction of sp³-hybridized carbons (Fsp3) is 1.00. The zero-order valence-electron chi connectivity index (χ0n) is 7.64. The summed E-state index contributed by atoms with van der Waals surface area (Å²) in [7, 11) is 4.23. The van der Waals surface area contributed by atoms with Crippen LogP contribution in [-0.2, 0) is 0 Å². The van der Waals surface area contributed by atoms with Gasteiger partial charge in [0.05, 0.1) is 0 Å². The number of unbranched alkanes of at least 4 members (excludes halogenated alkanes) is 2. The van der Waals surface area contributed by atoms with Gasteiger partial charge in [0.15, 0.2) is 0 Å². The van der Waals surface area contributed by atoms with Crippen LogP contribution in [0.1, 0.15) is 19.3 Å². The molecule has 0 heterocycles. The minimum atomic E-state index is 0.799. The molecule has 11 heavy (non-hydrogen) atoms. The minimum Gasteiger partial charge on any atom is -0.309 e. The van der Waals surface area contributed by atoms with Gasteiger partial charge in [0.25, 0.3) is 0 Å². The molecule has 0 fully saturated rings. The number of hydrogen-bond donors (Lipinski definition) is 2. The summed E-state index contributed by atoms with van der Waals surface area (Å²) in [5, 5.41) is 3.19. The zero-order valence-corrected chi connectivity index (χ0v) is 8.53. The Kier molecular flexibility index (Phi) is 8.57. The van der Waals surface area contributed by atoms with Crippen LogP contribution >= 0.6 is 12.6 Å². The topological polar surface area (TPSA) is 15.3 Å². The molecule has 0 aromatic rings. The molecule has 0 radical (unpaired) electrons. The molecule has 0 unspecified atom stereocenters. The van der Waals surface area contributed by atoms with Crippen molar-refractivity contribution < 1.29 is 0 Å². The largest absolute Gasteiger partial charge is 0.309 e. The molecule has 0 aromatic heterocycles. The molecule has 0 rings (SSSR count). The van der Waals surface area contributed by atoms with Crippen molar-refractivity contribution in [2.45, 2.75) is 19.3 Å². The maximum atomic E-state index is 4.06. The van der Waals surface area contributed by atoms with Gasteiger partial charge in [0, 0.05) is 5.88 Å². The Balaban J connectivity index is 2.80. The quantitative estimate of drug-likeness (QED) is 0.344. The molecule has 1 N–H and O–H groups in total. The first-order valence-electron chi connectivity index (χ1n) is 4.23. The molecule has 0 saturated carbocycles. The highest BCUT2D eigenvalue weighted by Gasteiger charge is 1.90. The van der Waals surface area contributed by atoms with Crippen molar-refractivity contribution in [3.05, 3.63) is 0 Å². The van der Waals surface area contributed by atoms with E-state index < -0.39 is 0 Å². The lowest BCUT2D eigenvalue weighted by atomic mass is 10.2. The minimum absolute atomic E-state index is 0.799. The molecule has 0 spiro atoms. The van der Waals surface area contributed by atoms with Gasteiger partial charge in [-0.15, -0.1) is 0 Å². The van der Waals surface area contributed by atoms with Crippen molar-refractivity contribution in [2.24, 2.45) is 0 Å². The van der Waals surface area contributed by atoms with Crippen molar-refractivity contribution in [2.75, 3.05) is 33.1 Å². The fourth-order valence-corrected chi connectivity index (χ4v) is 1.09. The van der Waals surface area contributed by atoms with E-state index in [-0.39, 0.29) is 0 Å². The molecule has 0 aliphatic carbocycles. The Labute approximate surface area is 75.8 Å². The van der Waals surface area contributed by atoms with E-state index in [0.717, 1.165) is 12.4 Å². The van der Waals surface area contributed by atoms with Gasteiger partial charge in [-0.05, 0) is 40.0 Å². The average Bonchev–Trinajstić information content (AvgIpc) is 1.96. The Morgan fingerprint density at radius 2 is 1.91 bits per heavy atom. The molecule has 0 bridgehead atoms. The predicted molar refractivity (Wildman–Crippen MR) is 54.3 cm³/mol. The van der Waals surface area contributed by atoms with Crippen LogP contribution in [0.15, 0.2) is 0 Å². The van der Waals surface area contributed by atoms with E-state index in [2.05, 4.69) is 36.9 Å². The van der Waals surface area contributed by atoms with Crippen molar-refractivity contribution in [1.29, 1.82) is 0 Å². The van der Waals surface area contributed by atoms with Crippen LogP contribution in [0.25, 0.3) is 0 Å². The molecule has 0 aliphatic heterocycles. The third-order valence-corrected chi connectivity index (χ3v) is 1.79. The normalized spacial score (nSPS) is 10.9. The van der Waals surface area contributed by atoms with Crippen molar-refractivity contribution in [1.82, 2.24) is 10.2 Å². The van der Waals surface area contributed by atoms with E-state index in [0.29, 0.717) is 0 Å². The molecule has 3 heteroatoms. The third-order valence-electron chi connectivity index (χ3n) is 1.57. The molecule has 68 valence electrons. The van der Waals surface area contributed by atoms with Gasteiger partial charge in [0.2, 0.25) is 0 Å². The number of hydrogen-bond acceptors (Lipinski definition) is 3. The lowest BCUT2D eigenvalue weighted by molar-refractivity contribution is 0.391. The van der Waals surface area contributed by atoms with Crippen LogP contribution in [0.2, 0.25) is 0 Å². The summed E-state index contributed by atoms with van der Waals surface area (Å²) in [5.74, 6) is 0.799. The second-order valence-electron chi connectivity index (χ2n) is 3.02. The highest BCUT2D eigenvalue weighted by atomic mass is 32.1. The monoisotopic (exact) mass is 176 g/mol. The summed E-state index contributed by atoms with van der Waals surface area (Å²) in [6.45, 7) is 2.32. The van der Waals surface area contributed by atoms with Crippen LogP contribution in [0.3, 0.4) is 0 Å². The predicted octanol–water partition coefficient (Wildman–Crippen LogP) is 1.20. The van der Waals surface area contributed by atoms with E-state index in [4.69, 9.17) is 0 Å². The lowest BCUT2D eigenvalue weighted by Crippen LogP contribution is -2.15. The highest BCUT2D eigenvalue weighted by molar-refractivity contribution is 7.80. The van der Waals surface area contributed by atoms with Crippen LogP contribution in [0.5, 0.6) is 0 Å². The fourth-order valence-electron chi connectivity index (χ4n) is 0.934. The number of nitrogens with one attached hydrogen (secondary N) is 1. The lowest BCUT2D eigenvalue weighted by Gasteiger charge is -2.08. The van der Waals surface area contributed by atoms with Gasteiger partial charge in [0.1, 0.15) is 0 Å². The van der Waals surface area contributed by atoms with Crippen molar-refractivity contribution >= 4 is 12.6 Å². The van der Waals surface area contributed by atoms with E-state index in [1.165, 1.54) is 25.8 Å². The Morgan fingerprint density at radius 1 is 1.18 bits per heavy atom. The molecular formula is C8H20N2S. The second kappa shape index (κ2) is 8.37. The van der Waals surface area contributed by atoms with Gasteiger partial charge in [-0.3, -0.25) is 0 Å². The first-order chi connectivity index (χ1) is 5.27. The smallest absolute Gasteiger partial charge is 0.0387 e. The van der Waals surface area contributed by atoms with Crippen molar-refractivity contribution in [3.8, 4) is 0 Å². The van der Waals surface area contributed by atoms with Gasteiger partial charge in [-0.1, -0.05) is 6.42 Å². The molecule has 0 atom stereocenters. The Bertz CT molecular complexity index is 76.5. The Hall–Kier alpha value is 0.270. The second-order valence-corrected chi connectivity index (χ2v) is 3.34. The molecule has 0 amide bonds. The molecule has 0 aromatic carbocycles. The molecule has 0 saturated heterocycles. The van der Waals surface area contributed by atoms with Gasteiger partial charge < -0.3 is 10.2 Å². The molecule has 2 nitrogen and oxygen atoms in total. The zero-order chi connectivity index (χ0) is 8.53. The summed E-state index contributed by atoms with van der Waals surface area (Å²) < 4.78 is 0.